The molecular weight excluding hydrogens is 244 g/mol. The van der Waals surface area contributed by atoms with E-state index in [2.05, 4.69) is 4.98 Å². The minimum absolute atomic E-state index is 0.0495. The van der Waals surface area contributed by atoms with Crippen molar-refractivity contribution in [1.82, 2.24) is 4.98 Å². The number of carboxylic acids is 1. The Hall–Kier alpha value is -2.22. The first-order chi connectivity index (χ1) is 8.58. The van der Waals surface area contributed by atoms with Crippen LogP contribution in [0, 0.1) is 10.1 Å². The lowest BCUT2D eigenvalue weighted by atomic mass is 10.2. The Morgan fingerprint density at radius 1 is 1.67 bits per heavy atom. The quantitative estimate of drug-likeness (QED) is 0.626. The number of ether oxygens (including phenoxy) is 2. The van der Waals surface area contributed by atoms with Gasteiger partial charge in [-0.05, 0) is 0 Å². The molecule has 1 N–H and O–H groups in total. The number of hydrogen-bond acceptors (Lipinski definition) is 6. The lowest BCUT2D eigenvalue weighted by molar-refractivity contribution is -0.385. The second-order valence-electron chi connectivity index (χ2n) is 3.71. The van der Waals surface area contributed by atoms with Gasteiger partial charge in [0, 0.05) is 12.5 Å². The van der Waals surface area contributed by atoms with Crippen LogP contribution in [-0.2, 0) is 4.74 Å². The Labute approximate surface area is 101 Å². The number of carboxylic acid groups (broad SMARTS) is 1. The molecule has 18 heavy (non-hydrogen) atoms. The second-order valence-corrected chi connectivity index (χ2v) is 3.71. The molecule has 1 aromatic heterocycles. The summed E-state index contributed by atoms with van der Waals surface area (Å²) in [5, 5.41) is 19.5. The Morgan fingerprint density at radius 3 is 3.00 bits per heavy atom. The van der Waals surface area contributed by atoms with Crippen LogP contribution >= 0.6 is 0 Å². The summed E-state index contributed by atoms with van der Waals surface area (Å²) in [6.07, 6.45) is 1.37. The van der Waals surface area contributed by atoms with Crippen molar-refractivity contribution in [2.24, 2.45) is 0 Å². The van der Waals surface area contributed by atoms with Gasteiger partial charge in [-0.3, -0.25) is 10.1 Å². The van der Waals surface area contributed by atoms with Gasteiger partial charge in [-0.1, -0.05) is 0 Å². The van der Waals surface area contributed by atoms with Crippen molar-refractivity contribution in [3.05, 3.63) is 27.9 Å². The summed E-state index contributed by atoms with van der Waals surface area (Å²) in [4.78, 5) is 24.5. The van der Waals surface area contributed by atoms with Gasteiger partial charge < -0.3 is 14.6 Å². The minimum atomic E-state index is -1.39. The molecule has 1 aromatic rings. The van der Waals surface area contributed by atoms with Gasteiger partial charge >= 0.3 is 11.7 Å². The van der Waals surface area contributed by atoms with Gasteiger partial charge in [-0.2, -0.15) is 0 Å². The van der Waals surface area contributed by atoms with Gasteiger partial charge in [-0.25, -0.2) is 9.78 Å². The molecule has 0 aromatic carbocycles. The molecule has 8 nitrogen and oxygen atoms in total. The van der Waals surface area contributed by atoms with Crippen LogP contribution in [0.25, 0.3) is 0 Å². The summed E-state index contributed by atoms with van der Waals surface area (Å²) >= 11 is 0. The molecule has 1 fully saturated rings. The highest BCUT2D eigenvalue weighted by molar-refractivity contribution is 5.92. The third kappa shape index (κ3) is 2.54. The first-order valence-corrected chi connectivity index (χ1v) is 5.20. The fourth-order valence-corrected chi connectivity index (χ4v) is 1.59. The highest BCUT2D eigenvalue weighted by Crippen LogP contribution is 2.23. The van der Waals surface area contributed by atoms with Crippen molar-refractivity contribution in [3.8, 4) is 5.88 Å². The number of carbonyl (C=O) groups is 1. The Morgan fingerprint density at radius 2 is 2.44 bits per heavy atom. The molecule has 1 unspecified atom stereocenters. The van der Waals surface area contributed by atoms with E-state index in [0.717, 1.165) is 12.3 Å². The molecule has 1 aliphatic heterocycles. The van der Waals surface area contributed by atoms with E-state index in [0.29, 0.717) is 19.6 Å². The van der Waals surface area contributed by atoms with E-state index < -0.39 is 22.1 Å². The average molecular weight is 254 g/mol. The predicted octanol–water partition coefficient (Wildman–Crippen LogP) is 0.856. The summed E-state index contributed by atoms with van der Waals surface area (Å²) in [5.74, 6) is -1.34. The SMILES string of the molecule is O=C(O)c1cc(OC2CCOC2)ncc1[N+](=O)[O-]. The topological polar surface area (TPSA) is 112 Å². The average Bonchev–Trinajstić information content (AvgIpc) is 2.81. The van der Waals surface area contributed by atoms with Crippen LogP contribution < -0.4 is 4.74 Å². The first-order valence-electron chi connectivity index (χ1n) is 5.20. The highest BCUT2D eigenvalue weighted by atomic mass is 16.6. The van der Waals surface area contributed by atoms with Crippen molar-refractivity contribution < 1.29 is 24.3 Å². The van der Waals surface area contributed by atoms with Crippen molar-refractivity contribution >= 4 is 11.7 Å². The fourth-order valence-electron chi connectivity index (χ4n) is 1.59. The van der Waals surface area contributed by atoms with Gasteiger partial charge in [0.1, 0.15) is 17.9 Å². The maximum Gasteiger partial charge on any atom is 0.342 e. The fraction of sp³-hybridized carbons (Fsp3) is 0.400. The van der Waals surface area contributed by atoms with E-state index in [9.17, 15) is 14.9 Å². The molecule has 1 aliphatic rings. The smallest absolute Gasteiger partial charge is 0.342 e. The molecule has 0 saturated carbocycles. The Bertz CT molecular complexity index is 483. The van der Waals surface area contributed by atoms with Crippen molar-refractivity contribution in [1.29, 1.82) is 0 Å². The summed E-state index contributed by atoms with van der Waals surface area (Å²) in [6, 6.07) is 1.05. The summed E-state index contributed by atoms with van der Waals surface area (Å²) < 4.78 is 10.5. The Balaban J connectivity index is 2.24. The van der Waals surface area contributed by atoms with Crippen molar-refractivity contribution in [2.45, 2.75) is 12.5 Å². The second kappa shape index (κ2) is 4.96. The molecule has 0 aliphatic carbocycles. The van der Waals surface area contributed by atoms with Gasteiger partial charge in [0.2, 0.25) is 5.88 Å². The zero-order valence-corrected chi connectivity index (χ0v) is 9.24. The van der Waals surface area contributed by atoms with E-state index in [-0.39, 0.29) is 12.0 Å². The standard InChI is InChI=1S/C10H10N2O6/c13-10(14)7-3-9(11-4-8(7)12(15)16)18-6-1-2-17-5-6/h3-4,6H,1-2,5H2,(H,13,14). The van der Waals surface area contributed by atoms with Crippen LogP contribution in [0.4, 0.5) is 5.69 Å². The molecule has 0 bridgehead atoms. The molecule has 1 atom stereocenters. The number of hydrogen-bond donors (Lipinski definition) is 1. The van der Waals surface area contributed by atoms with Crippen LogP contribution in [0.15, 0.2) is 12.3 Å². The van der Waals surface area contributed by atoms with Crippen molar-refractivity contribution in [2.75, 3.05) is 13.2 Å². The lowest BCUT2D eigenvalue weighted by Gasteiger charge is -2.10. The molecule has 0 radical (unpaired) electrons. The molecule has 8 heteroatoms. The maximum atomic E-state index is 10.9. The number of aromatic carboxylic acids is 1. The zero-order valence-electron chi connectivity index (χ0n) is 9.24. The monoisotopic (exact) mass is 254 g/mol. The normalized spacial score (nSPS) is 18.6. The largest absolute Gasteiger partial charge is 0.477 e. The lowest BCUT2D eigenvalue weighted by Crippen LogP contribution is -2.17. The maximum absolute atomic E-state index is 10.9. The number of nitro groups is 1. The van der Waals surface area contributed by atoms with Gasteiger partial charge in [0.05, 0.1) is 18.1 Å². The third-order valence-corrected chi connectivity index (χ3v) is 2.46. The molecular formula is C10H10N2O6. The molecule has 1 saturated heterocycles. The zero-order chi connectivity index (χ0) is 13.1. The van der Waals surface area contributed by atoms with Crippen LogP contribution in [0.2, 0.25) is 0 Å². The van der Waals surface area contributed by atoms with E-state index in [1.54, 1.807) is 0 Å². The minimum Gasteiger partial charge on any atom is -0.477 e. The van der Waals surface area contributed by atoms with Gasteiger partial charge in [-0.15, -0.1) is 0 Å². The van der Waals surface area contributed by atoms with Crippen LogP contribution in [0.3, 0.4) is 0 Å². The number of aromatic nitrogens is 1. The van der Waals surface area contributed by atoms with E-state index in [1.807, 2.05) is 0 Å². The number of nitrogens with zero attached hydrogens (tertiary/aromatic N) is 2. The van der Waals surface area contributed by atoms with Crippen LogP contribution in [0.5, 0.6) is 5.88 Å². The molecule has 0 amide bonds. The molecule has 2 heterocycles. The number of pyridine rings is 1. The molecule has 0 spiro atoms. The van der Waals surface area contributed by atoms with Crippen molar-refractivity contribution in [3.63, 3.8) is 0 Å². The predicted molar refractivity (Wildman–Crippen MR) is 57.7 cm³/mol. The van der Waals surface area contributed by atoms with Gasteiger partial charge in [0.15, 0.2) is 0 Å². The van der Waals surface area contributed by atoms with E-state index >= 15 is 0 Å². The summed E-state index contributed by atoms with van der Waals surface area (Å²) in [5.41, 5.74) is -0.999. The third-order valence-electron chi connectivity index (χ3n) is 2.46. The van der Waals surface area contributed by atoms with Crippen LogP contribution in [-0.4, -0.2) is 40.3 Å². The van der Waals surface area contributed by atoms with Crippen LogP contribution in [0.1, 0.15) is 16.8 Å². The first kappa shape index (κ1) is 12.2. The Kier molecular flexibility index (Phi) is 3.38. The van der Waals surface area contributed by atoms with E-state index in [1.165, 1.54) is 0 Å². The summed E-state index contributed by atoms with van der Waals surface area (Å²) in [6.45, 7) is 0.977. The summed E-state index contributed by atoms with van der Waals surface area (Å²) in [7, 11) is 0. The molecule has 96 valence electrons. The molecule has 2 rings (SSSR count). The highest BCUT2D eigenvalue weighted by Gasteiger charge is 2.23. The number of rotatable bonds is 4. The van der Waals surface area contributed by atoms with Gasteiger partial charge in [0.25, 0.3) is 0 Å². The van der Waals surface area contributed by atoms with E-state index in [4.69, 9.17) is 14.6 Å².